The van der Waals surface area contributed by atoms with E-state index >= 15 is 0 Å². The average Bonchev–Trinajstić information content (AvgIpc) is 3.17. The largest absolute Gasteiger partial charge is 0.480 e. The number of alkyl halides is 6. The van der Waals surface area contributed by atoms with Gasteiger partial charge in [0.1, 0.15) is 12.6 Å². The third-order valence-corrected chi connectivity index (χ3v) is 6.30. The van der Waals surface area contributed by atoms with E-state index in [9.17, 15) is 41.0 Å². The van der Waals surface area contributed by atoms with Crippen molar-refractivity contribution in [2.24, 2.45) is 0 Å². The second-order valence-electron chi connectivity index (χ2n) is 8.81. The van der Waals surface area contributed by atoms with Crippen LogP contribution >= 0.6 is 0 Å². The Labute approximate surface area is 213 Å². The van der Waals surface area contributed by atoms with Gasteiger partial charge in [-0.25, -0.2) is 9.59 Å². The number of fused-ring (bicyclic) bond motifs is 3. The quantitative estimate of drug-likeness (QED) is 0.331. The van der Waals surface area contributed by atoms with Gasteiger partial charge in [-0.15, -0.1) is 0 Å². The van der Waals surface area contributed by atoms with E-state index < -0.39 is 54.4 Å². The number of alkyl carbamates (subject to hydrolysis) is 1. The van der Waals surface area contributed by atoms with Crippen molar-refractivity contribution in [3.63, 3.8) is 0 Å². The second kappa shape index (κ2) is 10.4. The van der Waals surface area contributed by atoms with Crippen LogP contribution in [-0.2, 0) is 28.3 Å². The zero-order valence-electron chi connectivity index (χ0n) is 19.6. The Bertz CT molecular complexity index is 1270. The fourth-order valence-corrected chi connectivity index (χ4v) is 4.51. The molecule has 0 spiro atoms. The molecule has 1 amide bonds. The molecule has 0 aliphatic heterocycles. The predicted molar refractivity (Wildman–Crippen MR) is 124 cm³/mol. The summed E-state index contributed by atoms with van der Waals surface area (Å²) in [6.45, 7) is -0.102. The number of aryl methyl sites for hydroxylation is 1. The number of carboxylic acid groups (broad SMARTS) is 1. The number of hydrogen-bond donors (Lipinski definition) is 2. The first-order valence-electron chi connectivity index (χ1n) is 11.5. The zero-order chi connectivity index (χ0) is 27.7. The number of amides is 1. The molecule has 0 radical (unpaired) electrons. The molecular formula is C27H21F6NO4. The van der Waals surface area contributed by atoms with Gasteiger partial charge < -0.3 is 15.2 Å². The highest BCUT2D eigenvalue weighted by Gasteiger charge is 2.37. The van der Waals surface area contributed by atoms with Crippen LogP contribution in [0.5, 0.6) is 0 Å². The number of rotatable bonds is 7. The van der Waals surface area contributed by atoms with Crippen molar-refractivity contribution in [2.75, 3.05) is 6.61 Å². The van der Waals surface area contributed by atoms with E-state index in [-0.39, 0.29) is 24.2 Å². The van der Waals surface area contributed by atoms with Crippen LogP contribution in [-0.4, -0.2) is 29.8 Å². The van der Waals surface area contributed by atoms with Crippen molar-refractivity contribution in [1.29, 1.82) is 0 Å². The lowest BCUT2D eigenvalue weighted by Gasteiger charge is -2.18. The molecule has 4 rings (SSSR count). The van der Waals surface area contributed by atoms with Crippen LogP contribution in [0.2, 0.25) is 0 Å². The Morgan fingerprint density at radius 2 is 1.34 bits per heavy atom. The molecule has 0 bridgehead atoms. The highest BCUT2D eigenvalue weighted by atomic mass is 19.4. The van der Waals surface area contributed by atoms with Crippen LogP contribution in [0.1, 0.15) is 40.2 Å². The summed E-state index contributed by atoms with van der Waals surface area (Å²) in [7, 11) is 0. The number of halogens is 6. The van der Waals surface area contributed by atoms with Crippen LogP contribution in [0.25, 0.3) is 11.1 Å². The lowest BCUT2D eigenvalue weighted by Crippen LogP contribution is -2.41. The molecule has 0 unspecified atom stereocenters. The van der Waals surface area contributed by atoms with E-state index in [2.05, 4.69) is 5.32 Å². The molecule has 1 atom stereocenters. The first-order chi connectivity index (χ1) is 17.8. The van der Waals surface area contributed by atoms with E-state index in [4.69, 9.17) is 4.74 Å². The normalized spacial score (nSPS) is 13.9. The topological polar surface area (TPSA) is 75.6 Å². The van der Waals surface area contributed by atoms with Crippen molar-refractivity contribution in [3.05, 3.63) is 94.5 Å². The van der Waals surface area contributed by atoms with Gasteiger partial charge in [-0.05, 0) is 58.9 Å². The van der Waals surface area contributed by atoms with Gasteiger partial charge in [-0.2, -0.15) is 26.3 Å². The number of nitrogens with one attached hydrogen (secondary N) is 1. The van der Waals surface area contributed by atoms with E-state index in [0.29, 0.717) is 12.1 Å². The molecule has 200 valence electrons. The summed E-state index contributed by atoms with van der Waals surface area (Å²) in [6.07, 6.45) is -12.0. The van der Waals surface area contributed by atoms with Gasteiger partial charge in [0.05, 0.1) is 11.1 Å². The zero-order valence-corrected chi connectivity index (χ0v) is 19.6. The summed E-state index contributed by atoms with van der Waals surface area (Å²) in [5, 5.41) is 11.6. The van der Waals surface area contributed by atoms with Gasteiger partial charge in [-0.3, -0.25) is 0 Å². The molecule has 1 aliphatic carbocycles. The molecule has 11 heteroatoms. The minimum absolute atomic E-state index is 0.00683. The van der Waals surface area contributed by atoms with E-state index in [1.807, 2.05) is 48.5 Å². The Balaban J connectivity index is 1.43. The number of benzene rings is 3. The molecular weight excluding hydrogens is 516 g/mol. The summed E-state index contributed by atoms with van der Waals surface area (Å²) in [6, 6.07) is 14.6. The van der Waals surface area contributed by atoms with Crippen molar-refractivity contribution >= 4 is 12.1 Å². The van der Waals surface area contributed by atoms with Crippen LogP contribution in [0.15, 0.2) is 66.7 Å². The molecule has 0 saturated heterocycles. The Morgan fingerprint density at radius 1 is 0.842 bits per heavy atom. The Hall–Kier alpha value is -4.02. The van der Waals surface area contributed by atoms with Crippen molar-refractivity contribution in [2.45, 2.75) is 37.2 Å². The summed E-state index contributed by atoms with van der Waals surface area (Å²) in [4.78, 5) is 24.1. The monoisotopic (exact) mass is 537 g/mol. The van der Waals surface area contributed by atoms with E-state index in [1.54, 1.807) is 0 Å². The maximum Gasteiger partial charge on any atom is 0.416 e. The SMILES string of the molecule is O=C(N[C@H](CCc1cc(C(F)(F)F)cc(C(F)(F)F)c1)C(=O)O)OCC1c2ccccc2-c2ccccc21. The molecule has 2 N–H and O–H groups in total. The van der Waals surface area contributed by atoms with Gasteiger partial charge in [0, 0.05) is 5.92 Å². The van der Waals surface area contributed by atoms with Crippen LogP contribution in [0.3, 0.4) is 0 Å². The third-order valence-electron chi connectivity index (χ3n) is 6.30. The fraction of sp³-hybridized carbons (Fsp3) is 0.259. The van der Waals surface area contributed by atoms with Gasteiger partial charge >= 0.3 is 24.4 Å². The Morgan fingerprint density at radius 3 is 1.82 bits per heavy atom. The first-order valence-corrected chi connectivity index (χ1v) is 11.5. The molecule has 0 saturated carbocycles. The summed E-state index contributed by atoms with van der Waals surface area (Å²) in [5.74, 6) is -1.80. The minimum atomic E-state index is -5.03. The second-order valence-corrected chi connectivity index (χ2v) is 8.81. The summed E-state index contributed by atoms with van der Waals surface area (Å²) < 4.78 is 83.9. The van der Waals surface area contributed by atoms with Crippen LogP contribution < -0.4 is 5.32 Å². The van der Waals surface area contributed by atoms with E-state index in [0.717, 1.165) is 22.3 Å². The number of carboxylic acids is 1. The molecule has 0 aromatic heterocycles. The van der Waals surface area contributed by atoms with E-state index in [1.165, 1.54) is 0 Å². The highest BCUT2D eigenvalue weighted by molar-refractivity contribution is 5.81. The molecule has 5 nitrogen and oxygen atoms in total. The number of carbonyl (C=O) groups excluding carboxylic acids is 1. The molecule has 3 aromatic rings. The predicted octanol–water partition coefficient (Wildman–Crippen LogP) is 6.65. The van der Waals surface area contributed by atoms with Gasteiger partial charge in [0.15, 0.2) is 0 Å². The number of carbonyl (C=O) groups is 2. The molecule has 38 heavy (non-hydrogen) atoms. The lowest BCUT2D eigenvalue weighted by atomic mass is 9.98. The standard InChI is InChI=1S/C27H21F6NO4/c28-26(29,30)16-11-15(12-17(13-16)27(31,32)33)9-10-23(24(35)36)34-25(37)38-14-22-20-7-3-1-5-18(20)19-6-2-4-8-21(19)22/h1-8,11-13,22-23H,9-10,14H2,(H,34,37)(H,35,36)/t23-/m1/s1. The first kappa shape index (κ1) is 27.0. The number of hydrogen-bond acceptors (Lipinski definition) is 3. The highest BCUT2D eigenvalue weighted by Crippen LogP contribution is 2.44. The maximum absolute atomic E-state index is 13.1. The summed E-state index contributed by atoms with van der Waals surface area (Å²) >= 11 is 0. The lowest BCUT2D eigenvalue weighted by molar-refractivity contribution is -0.143. The number of ether oxygens (including phenoxy) is 1. The number of aliphatic carboxylic acids is 1. The average molecular weight is 537 g/mol. The molecule has 3 aromatic carbocycles. The summed E-state index contributed by atoms with van der Waals surface area (Å²) in [5.41, 5.74) is 0.465. The Kier molecular flexibility index (Phi) is 7.39. The molecule has 0 fully saturated rings. The van der Waals surface area contributed by atoms with Crippen LogP contribution in [0, 0.1) is 0 Å². The van der Waals surface area contributed by atoms with Crippen molar-refractivity contribution in [1.82, 2.24) is 5.32 Å². The van der Waals surface area contributed by atoms with Crippen LogP contribution in [0.4, 0.5) is 31.1 Å². The fourth-order valence-electron chi connectivity index (χ4n) is 4.51. The van der Waals surface area contributed by atoms with Gasteiger partial charge in [-0.1, -0.05) is 48.5 Å². The van der Waals surface area contributed by atoms with Gasteiger partial charge in [0.2, 0.25) is 0 Å². The van der Waals surface area contributed by atoms with Crippen molar-refractivity contribution in [3.8, 4) is 11.1 Å². The maximum atomic E-state index is 13.1. The van der Waals surface area contributed by atoms with Crippen molar-refractivity contribution < 1.29 is 45.8 Å². The smallest absolute Gasteiger partial charge is 0.416 e. The van der Waals surface area contributed by atoms with Gasteiger partial charge in [0.25, 0.3) is 0 Å². The third kappa shape index (κ3) is 5.92. The molecule has 0 heterocycles. The minimum Gasteiger partial charge on any atom is -0.480 e. The molecule has 1 aliphatic rings.